The molecule has 0 saturated heterocycles. The predicted molar refractivity (Wildman–Crippen MR) is 111 cm³/mol. The van der Waals surface area contributed by atoms with Crippen LogP contribution >= 0.6 is 23.2 Å². The van der Waals surface area contributed by atoms with Crippen molar-refractivity contribution < 1.29 is 22.9 Å². The highest BCUT2D eigenvalue weighted by Gasteiger charge is 2.23. The summed E-state index contributed by atoms with van der Waals surface area (Å²) in [5, 5.41) is 12.7. The van der Waals surface area contributed by atoms with Gasteiger partial charge >= 0.3 is 6.03 Å². The van der Waals surface area contributed by atoms with Crippen LogP contribution in [-0.4, -0.2) is 29.3 Å². The summed E-state index contributed by atoms with van der Waals surface area (Å²) >= 11 is 11.6. The molecular formula is C17H11Cl2N5O6S. The molecule has 0 aliphatic heterocycles. The van der Waals surface area contributed by atoms with Gasteiger partial charge in [-0.3, -0.25) is 15.4 Å². The van der Waals surface area contributed by atoms with Crippen molar-refractivity contribution >= 4 is 50.9 Å². The Morgan fingerprint density at radius 2 is 1.77 bits per heavy atom. The van der Waals surface area contributed by atoms with Crippen LogP contribution in [-0.2, 0) is 10.0 Å². The van der Waals surface area contributed by atoms with Crippen molar-refractivity contribution in [3.05, 3.63) is 74.9 Å². The minimum Gasteiger partial charge on any atom is -0.439 e. The number of nitro groups is 1. The molecule has 0 atom stereocenters. The van der Waals surface area contributed by atoms with Gasteiger partial charge in [-0.15, -0.1) is 0 Å². The third kappa shape index (κ3) is 5.78. The molecule has 1 heterocycles. The Morgan fingerprint density at radius 1 is 1.06 bits per heavy atom. The number of aromatic nitrogens is 2. The Balaban J connectivity index is 1.76. The van der Waals surface area contributed by atoms with Crippen molar-refractivity contribution in [2.45, 2.75) is 4.90 Å². The fourth-order valence-corrected chi connectivity index (χ4v) is 3.51. The van der Waals surface area contributed by atoms with Gasteiger partial charge in [0.1, 0.15) is 15.9 Å². The molecule has 1 aromatic heterocycles. The van der Waals surface area contributed by atoms with Crippen LogP contribution in [0, 0.1) is 10.1 Å². The number of benzene rings is 2. The second-order valence-corrected chi connectivity index (χ2v) is 8.17. The topological polar surface area (TPSA) is 153 Å². The molecule has 0 radical (unpaired) electrons. The molecular weight excluding hydrogens is 473 g/mol. The van der Waals surface area contributed by atoms with E-state index in [-0.39, 0.29) is 22.0 Å². The largest absolute Gasteiger partial charge is 0.439 e. The van der Waals surface area contributed by atoms with Gasteiger partial charge in [-0.1, -0.05) is 41.4 Å². The first-order chi connectivity index (χ1) is 14.6. The van der Waals surface area contributed by atoms with Crippen LogP contribution in [0.2, 0.25) is 10.2 Å². The number of halogens is 2. The van der Waals surface area contributed by atoms with Crippen molar-refractivity contribution in [1.82, 2.24) is 14.7 Å². The monoisotopic (exact) mass is 483 g/mol. The van der Waals surface area contributed by atoms with Crippen LogP contribution in [0.15, 0.2) is 59.5 Å². The van der Waals surface area contributed by atoms with E-state index in [1.807, 2.05) is 0 Å². The Bertz CT molecular complexity index is 1260. The van der Waals surface area contributed by atoms with Crippen LogP contribution < -0.4 is 14.8 Å². The van der Waals surface area contributed by atoms with Gasteiger partial charge in [0.2, 0.25) is 11.8 Å². The van der Waals surface area contributed by atoms with E-state index in [2.05, 4.69) is 15.3 Å². The van der Waals surface area contributed by atoms with E-state index >= 15 is 0 Å². The molecule has 3 aromatic rings. The molecule has 3 rings (SSSR count). The maximum Gasteiger partial charge on any atom is 0.335 e. The van der Waals surface area contributed by atoms with E-state index in [9.17, 15) is 23.3 Å². The normalized spacial score (nSPS) is 10.9. The van der Waals surface area contributed by atoms with Crippen molar-refractivity contribution in [2.75, 3.05) is 5.32 Å². The van der Waals surface area contributed by atoms with E-state index in [1.54, 1.807) is 35.1 Å². The van der Waals surface area contributed by atoms with Gasteiger partial charge in [-0.25, -0.2) is 22.9 Å². The van der Waals surface area contributed by atoms with Crippen LogP contribution in [0.3, 0.4) is 0 Å². The smallest absolute Gasteiger partial charge is 0.335 e. The molecule has 0 spiro atoms. The predicted octanol–water partition coefficient (Wildman–Crippen LogP) is 3.99. The van der Waals surface area contributed by atoms with E-state index in [0.717, 1.165) is 18.2 Å². The van der Waals surface area contributed by atoms with Crippen LogP contribution in [0.5, 0.6) is 11.6 Å². The number of anilines is 1. The molecule has 2 N–H and O–H groups in total. The Hall–Kier alpha value is -3.48. The third-order valence-electron chi connectivity index (χ3n) is 3.51. The molecule has 2 aromatic carbocycles. The number of ether oxygens (including phenoxy) is 1. The number of hydrogen-bond acceptors (Lipinski definition) is 8. The lowest BCUT2D eigenvalue weighted by atomic mass is 10.3. The van der Waals surface area contributed by atoms with Crippen LogP contribution in [0.4, 0.5) is 16.4 Å². The number of amides is 2. The molecule has 160 valence electrons. The van der Waals surface area contributed by atoms with E-state index in [1.165, 1.54) is 6.07 Å². The van der Waals surface area contributed by atoms with Gasteiger partial charge in [-0.2, -0.15) is 4.98 Å². The Morgan fingerprint density at radius 3 is 2.45 bits per heavy atom. The summed E-state index contributed by atoms with van der Waals surface area (Å²) in [5.41, 5.74) is -0.633. The molecule has 14 heteroatoms. The molecule has 2 amide bonds. The zero-order chi connectivity index (χ0) is 22.6. The van der Waals surface area contributed by atoms with Crippen molar-refractivity contribution in [1.29, 1.82) is 0 Å². The SMILES string of the molecule is O=C(Nc1nc(Cl)cc(Oc2ccccc2)n1)NS(=O)(=O)c1ccc(Cl)c([N+](=O)[O-])c1. The minimum atomic E-state index is -4.47. The van der Waals surface area contributed by atoms with Crippen molar-refractivity contribution in [3.63, 3.8) is 0 Å². The maximum atomic E-state index is 12.4. The van der Waals surface area contributed by atoms with Crippen LogP contribution in [0.25, 0.3) is 0 Å². The van der Waals surface area contributed by atoms with Gasteiger partial charge in [0.05, 0.1) is 9.82 Å². The first-order valence-electron chi connectivity index (χ1n) is 8.19. The standard InChI is InChI=1S/C17H11Cl2N5O6S/c18-12-7-6-11(8-13(12)24(26)27)31(28,29)23-17(25)22-16-20-14(19)9-15(21-16)30-10-4-2-1-3-5-10/h1-9H,(H2,20,21,22,23,25). The van der Waals surface area contributed by atoms with Crippen molar-refractivity contribution in [3.8, 4) is 11.6 Å². The third-order valence-corrected chi connectivity index (χ3v) is 5.36. The number of para-hydroxylation sites is 1. The lowest BCUT2D eigenvalue weighted by Crippen LogP contribution is -2.34. The second kappa shape index (κ2) is 9.12. The van der Waals surface area contributed by atoms with Gasteiger partial charge in [0.15, 0.2) is 0 Å². The highest BCUT2D eigenvalue weighted by atomic mass is 35.5. The van der Waals surface area contributed by atoms with Gasteiger partial charge in [0, 0.05) is 12.1 Å². The highest BCUT2D eigenvalue weighted by Crippen LogP contribution is 2.27. The lowest BCUT2D eigenvalue weighted by Gasteiger charge is -2.10. The van der Waals surface area contributed by atoms with E-state index < -0.39 is 31.6 Å². The number of nitrogens with zero attached hydrogens (tertiary/aromatic N) is 3. The zero-order valence-corrected chi connectivity index (χ0v) is 17.5. The van der Waals surface area contributed by atoms with E-state index in [0.29, 0.717) is 5.75 Å². The molecule has 0 aliphatic rings. The van der Waals surface area contributed by atoms with Crippen LogP contribution in [0.1, 0.15) is 0 Å². The zero-order valence-electron chi connectivity index (χ0n) is 15.2. The number of carbonyl (C=O) groups is 1. The lowest BCUT2D eigenvalue weighted by molar-refractivity contribution is -0.384. The number of nitrogens with one attached hydrogen (secondary N) is 2. The summed E-state index contributed by atoms with van der Waals surface area (Å²) in [5.74, 6) is 0.102. The van der Waals surface area contributed by atoms with Gasteiger partial charge in [0.25, 0.3) is 15.7 Å². The maximum absolute atomic E-state index is 12.4. The second-order valence-electron chi connectivity index (χ2n) is 5.70. The number of sulfonamides is 1. The van der Waals surface area contributed by atoms with Gasteiger partial charge < -0.3 is 4.74 Å². The summed E-state index contributed by atoms with van der Waals surface area (Å²) in [7, 11) is -4.47. The fraction of sp³-hybridized carbons (Fsp3) is 0. The highest BCUT2D eigenvalue weighted by molar-refractivity contribution is 7.90. The molecule has 31 heavy (non-hydrogen) atoms. The number of urea groups is 1. The number of hydrogen-bond donors (Lipinski definition) is 2. The molecule has 11 nitrogen and oxygen atoms in total. The number of nitro benzene ring substituents is 1. The van der Waals surface area contributed by atoms with E-state index in [4.69, 9.17) is 27.9 Å². The Kier molecular flexibility index (Phi) is 6.53. The molecule has 0 aliphatic carbocycles. The average molecular weight is 484 g/mol. The average Bonchev–Trinajstić information content (AvgIpc) is 2.67. The summed E-state index contributed by atoms with van der Waals surface area (Å²) < 4.78 is 31.9. The molecule has 0 saturated carbocycles. The summed E-state index contributed by atoms with van der Waals surface area (Å²) in [6.07, 6.45) is 0. The molecule has 0 unspecified atom stereocenters. The molecule has 0 fully saturated rings. The summed E-state index contributed by atoms with van der Waals surface area (Å²) in [6.45, 7) is 0. The number of rotatable bonds is 6. The first kappa shape index (κ1) is 22.2. The fourth-order valence-electron chi connectivity index (χ4n) is 2.22. The van der Waals surface area contributed by atoms with Gasteiger partial charge in [-0.05, 0) is 24.3 Å². The molecule has 0 bridgehead atoms. The minimum absolute atomic E-state index is 0.00215. The Labute approximate surface area is 185 Å². The quantitative estimate of drug-likeness (QED) is 0.303. The summed E-state index contributed by atoms with van der Waals surface area (Å²) in [4.78, 5) is 29.4. The van der Waals surface area contributed by atoms with Crippen molar-refractivity contribution in [2.24, 2.45) is 0 Å². The number of carbonyl (C=O) groups excluding carboxylic acids is 1. The summed E-state index contributed by atoms with van der Waals surface area (Å²) in [6, 6.07) is 11.4. The first-order valence-corrected chi connectivity index (χ1v) is 10.4.